The Morgan fingerprint density at radius 2 is 1.84 bits per heavy atom. The standard InChI is InChI=1S/C24H22N4O4/c1-15(29)13-20-19(11-12-21(30)31)22(23-24(25)26-14-27-28(20)23)16-7-9-18(10-8-16)32-17-5-3-2-4-6-17/h2-12,14-15,29H,13H2,1H3,(H,30,31)(H2,25,26,27). The van der Waals surface area contributed by atoms with Crippen molar-refractivity contribution in [2.45, 2.75) is 19.4 Å². The van der Waals surface area contributed by atoms with Gasteiger partial charge < -0.3 is 20.7 Å². The number of carboxylic acid groups (broad SMARTS) is 1. The van der Waals surface area contributed by atoms with Crippen molar-refractivity contribution in [3.63, 3.8) is 0 Å². The third kappa shape index (κ3) is 4.30. The Morgan fingerprint density at radius 3 is 2.50 bits per heavy atom. The highest BCUT2D eigenvalue weighted by Gasteiger charge is 2.22. The molecule has 0 bridgehead atoms. The van der Waals surface area contributed by atoms with E-state index in [4.69, 9.17) is 10.5 Å². The van der Waals surface area contributed by atoms with E-state index >= 15 is 0 Å². The number of aliphatic hydroxyl groups is 1. The van der Waals surface area contributed by atoms with Crippen molar-refractivity contribution in [3.05, 3.63) is 78.3 Å². The first-order valence-corrected chi connectivity index (χ1v) is 10.0. The Bertz CT molecular complexity index is 1280. The van der Waals surface area contributed by atoms with Crippen molar-refractivity contribution in [1.82, 2.24) is 14.6 Å². The van der Waals surface area contributed by atoms with Gasteiger partial charge in [-0.3, -0.25) is 0 Å². The molecule has 0 amide bonds. The molecule has 1 atom stereocenters. The zero-order chi connectivity index (χ0) is 22.7. The summed E-state index contributed by atoms with van der Waals surface area (Å²) < 4.78 is 7.48. The second-order valence-corrected chi connectivity index (χ2v) is 7.31. The number of nitrogens with two attached hydrogens (primary N) is 1. The highest BCUT2D eigenvalue weighted by Crippen LogP contribution is 2.37. The summed E-state index contributed by atoms with van der Waals surface area (Å²) in [6.45, 7) is 1.66. The summed E-state index contributed by atoms with van der Waals surface area (Å²) in [6.07, 6.45) is 3.47. The van der Waals surface area contributed by atoms with Crippen molar-refractivity contribution in [2.24, 2.45) is 0 Å². The average molecular weight is 430 g/mol. The summed E-state index contributed by atoms with van der Waals surface area (Å²) in [5, 5.41) is 23.6. The molecule has 2 heterocycles. The largest absolute Gasteiger partial charge is 0.478 e. The maximum atomic E-state index is 11.2. The van der Waals surface area contributed by atoms with E-state index in [0.717, 1.165) is 17.4 Å². The Kier molecular flexibility index (Phi) is 5.87. The molecular formula is C24H22N4O4. The first-order valence-electron chi connectivity index (χ1n) is 10.0. The van der Waals surface area contributed by atoms with E-state index < -0.39 is 12.1 Å². The van der Waals surface area contributed by atoms with Gasteiger partial charge in [0, 0.05) is 23.6 Å². The average Bonchev–Trinajstić information content (AvgIpc) is 3.07. The van der Waals surface area contributed by atoms with Crippen molar-refractivity contribution in [2.75, 3.05) is 5.73 Å². The molecule has 0 aliphatic heterocycles. The van der Waals surface area contributed by atoms with Crippen LogP contribution in [0.5, 0.6) is 11.5 Å². The molecule has 0 saturated carbocycles. The minimum Gasteiger partial charge on any atom is -0.478 e. The number of rotatable bonds is 7. The van der Waals surface area contributed by atoms with E-state index in [2.05, 4.69) is 10.1 Å². The lowest BCUT2D eigenvalue weighted by atomic mass is 9.99. The summed E-state index contributed by atoms with van der Waals surface area (Å²) in [5.41, 5.74) is 9.46. The molecule has 2 aromatic heterocycles. The number of carboxylic acids is 1. The molecule has 0 radical (unpaired) electrons. The number of para-hydroxylation sites is 1. The van der Waals surface area contributed by atoms with E-state index in [-0.39, 0.29) is 12.2 Å². The molecule has 0 fully saturated rings. The molecule has 32 heavy (non-hydrogen) atoms. The van der Waals surface area contributed by atoms with Crippen LogP contribution >= 0.6 is 0 Å². The molecule has 4 rings (SSSR count). The summed E-state index contributed by atoms with van der Waals surface area (Å²) in [4.78, 5) is 15.4. The molecule has 4 aromatic rings. The van der Waals surface area contributed by atoms with Gasteiger partial charge in [-0.15, -0.1) is 0 Å². The summed E-state index contributed by atoms with van der Waals surface area (Å²) in [5.74, 6) is 0.539. The molecule has 0 aliphatic carbocycles. The van der Waals surface area contributed by atoms with Gasteiger partial charge in [0.15, 0.2) is 5.82 Å². The third-order valence-corrected chi connectivity index (χ3v) is 4.89. The molecule has 8 nitrogen and oxygen atoms in total. The normalized spacial score (nSPS) is 12.3. The first-order chi connectivity index (χ1) is 15.4. The van der Waals surface area contributed by atoms with Crippen LogP contribution in [-0.2, 0) is 11.2 Å². The molecule has 0 aliphatic rings. The van der Waals surface area contributed by atoms with Crippen LogP contribution in [0.3, 0.4) is 0 Å². The summed E-state index contributed by atoms with van der Waals surface area (Å²) in [7, 11) is 0. The number of anilines is 1. The van der Waals surface area contributed by atoms with Crippen LogP contribution in [-0.4, -0.2) is 36.9 Å². The van der Waals surface area contributed by atoms with Crippen LogP contribution in [0.2, 0.25) is 0 Å². The molecule has 8 heteroatoms. The Labute approximate surface area is 184 Å². The SMILES string of the molecule is CC(O)Cc1c(C=CC(=O)O)c(-c2ccc(Oc3ccccc3)cc2)c2c(N)ncnn12. The van der Waals surface area contributed by atoms with Gasteiger partial charge >= 0.3 is 5.97 Å². The van der Waals surface area contributed by atoms with Crippen LogP contribution in [0.25, 0.3) is 22.7 Å². The Balaban J connectivity index is 1.87. The van der Waals surface area contributed by atoms with Gasteiger partial charge in [-0.05, 0) is 42.8 Å². The minimum absolute atomic E-state index is 0.251. The van der Waals surface area contributed by atoms with Gasteiger partial charge in [0.1, 0.15) is 23.3 Å². The fraction of sp³-hybridized carbons (Fsp3) is 0.125. The predicted octanol–water partition coefficient (Wildman–Crippen LogP) is 3.79. The Morgan fingerprint density at radius 1 is 1.16 bits per heavy atom. The third-order valence-electron chi connectivity index (χ3n) is 4.89. The number of hydrogen-bond donors (Lipinski definition) is 3. The van der Waals surface area contributed by atoms with Gasteiger partial charge in [0.05, 0.1) is 11.8 Å². The van der Waals surface area contributed by atoms with E-state index in [9.17, 15) is 15.0 Å². The zero-order valence-electron chi connectivity index (χ0n) is 17.3. The molecule has 4 N–H and O–H groups in total. The van der Waals surface area contributed by atoms with Gasteiger partial charge in [-0.2, -0.15) is 5.10 Å². The molecule has 2 aromatic carbocycles. The number of aromatic nitrogens is 3. The van der Waals surface area contributed by atoms with Crippen LogP contribution in [0, 0.1) is 0 Å². The van der Waals surface area contributed by atoms with Crippen molar-refractivity contribution >= 4 is 23.4 Å². The number of fused-ring (bicyclic) bond motifs is 1. The monoisotopic (exact) mass is 430 g/mol. The molecule has 1 unspecified atom stereocenters. The summed E-state index contributed by atoms with van der Waals surface area (Å²) >= 11 is 0. The number of ether oxygens (including phenoxy) is 1. The van der Waals surface area contributed by atoms with Crippen molar-refractivity contribution in [3.8, 4) is 22.6 Å². The second-order valence-electron chi connectivity index (χ2n) is 7.31. The molecular weight excluding hydrogens is 408 g/mol. The van der Waals surface area contributed by atoms with Gasteiger partial charge in [-0.1, -0.05) is 30.3 Å². The van der Waals surface area contributed by atoms with E-state index in [1.54, 1.807) is 11.4 Å². The summed E-state index contributed by atoms with van der Waals surface area (Å²) in [6, 6.07) is 16.8. The highest BCUT2D eigenvalue weighted by atomic mass is 16.5. The number of carbonyl (C=O) groups is 1. The van der Waals surface area contributed by atoms with Crippen LogP contribution < -0.4 is 10.5 Å². The fourth-order valence-corrected chi connectivity index (χ4v) is 3.61. The second kappa shape index (κ2) is 8.91. The smallest absolute Gasteiger partial charge is 0.328 e. The van der Waals surface area contributed by atoms with Crippen molar-refractivity contribution in [1.29, 1.82) is 0 Å². The quantitative estimate of drug-likeness (QED) is 0.381. The van der Waals surface area contributed by atoms with Gasteiger partial charge in [-0.25, -0.2) is 14.3 Å². The molecule has 0 saturated heterocycles. The molecule has 162 valence electrons. The number of benzene rings is 2. The lowest BCUT2D eigenvalue weighted by molar-refractivity contribution is -0.131. The van der Waals surface area contributed by atoms with Crippen LogP contribution in [0.15, 0.2) is 67.0 Å². The van der Waals surface area contributed by atoms with E-state index in [1.165, 1.54) is 12.4 Å². The van der Waals surface area contributed by atoms with Crippen molar-refractivity contribution < 1.29 is 19.7 Å². The number of aliphatic carboxylic acids is 1. The van der Waals surface area contributed by atoms with Gasteiger partial charge in [0.2, 0.25) is 0 Å². The number of hydrogen-bond acceptors (Lipinski definition) is 6. The maximum absolute atomic E-state index is 11.2. The predicted molar refractivity (Wildman–Crippen MR) is 121 cm³/mol. The topological polar surface area (TPSA) is 123 Å². The first kappa shape index (κ1) is 21.1. The lowest BCUT2D eigenvalue weighted by Gasteiger charge is -2.08. The van der Waals surface area contributed by atoms with Crippen LogP contribution in [0.4, 0.5) is 5.82 Å². The molecule has 0 spiro atoms. The number of aliphatic hydroxyl groups excluding tert-OH is 1. The Hall–Kier alpha value is -4.17. The number of nitrogens with zero attached hydrogens (tertiary/aromatic N) is 3. The highest BCUT2D eigenvalue weighted by molar-refractivity contribution is 5.97. The van der Waals surface area contributed by atoms with E-state index in [0.29, 0.717) is 28.1 Å². The fourth-order valence-electron chi connectivity index (χ4n) is 3.61. The minimum atomic E-state index is -1.08. The van der Waals surface area contributed by atoms with E-state index in [1.807, 2.05) is 54.6 Å². The van der Waals surface area contributed by atoms with Gasteiger partial charge in [0.25, 0.3) is 0 Å². The number of nitrogen functional groups attached to an aromatic ring is 1. The maximum Gasteiger partial charge on any atom is 0.328 e. The lowest BCUT2D eigenvalue weighted by Crippen LogP contribution is -2.10. The zero-order valence-corrected chi connectivity index (χ0v) is 17.3. The van der Waals surface area contributed by atoms with Crippen LogP contribution in [0.1, 0.15) is 18.2 Å².